The molecule has 62 heavy (non-hydrogen) atoms. The Morgan fingerprint density at radius 1 is 0.903 bits per heavy atom. The van der Waals surface area contributed by atoms with Crippen molar-refractivity contribution in [1.29, 1.82) is 0 Å². The Morgan fingerprint density at radius 2 is 1.55 bits per heavy atom. The van der Waals surface area contributed by atoms with Crippen LogP contribution in [0, 0.1) is 31.4 Å². The topological polar surface area (TPSA) is 128 Å². The number of aromatic hydroxyl groups is 1. The highest BCUT2D eigenvalue weighted by atomic mass is 127. The smallest absolute Gasteiger partial charge is 0.271 e. The third-order valence-corrected chi connectivity index (χ3v) is 18.4. The van der Waals surface area contributed by atoms with Crippen molar-refractivity contribution in [3.05, 3.63) is 163 Å². The van der Waals surface area contributed by atoms with Gasteiger partial charge in [0.15, 0.2) is 11.5 Å². The molecule has 0 spiro atoms. The van der Waals surface area contributed by atoms with Crippen LogP contribution in [-0.4, -0.2) is 56.6 Å². The monoisotopic (exact) mass is 960 g/mol. The van der Waals surface area contributed by atoms with Crippen molar-refractivity contribution < 1.29 is 33.5 Å². The van der Waals surface area contributed by atoms with Gasteiger partial charge in [0.25, 0.3) is 14.0 Å². The van der Waals surface area contributed by atoms with Crippen LogP contribution in [0.3, 0.4) is 0 Å². The molecule has 2 aliphatic heterocycles. The molecular formula is C50H49IN2O8Si. The molecule has 2 saturated heterocycles. The molecule has 0 saturated carbocycles. The summed E-state index contributed by atoms with van der Waals surface area (Å²) in [6, 6.07) is 40.5. The number of fused-ring (bicyclic) bond motifs is 3. The minimum absolute atomic E-state index is 0.0938. The number of benzene rings is 5. The summed E-state index contributed by atoms with van der Waals surface area (Å²) in [5, 5.41) is 24.3. The highest BCUT2D eigenvalue weighted by Crippen LogP contribution is 2.51. The van der Waals surface area contributed by atoms with Crippen LogP contribution < -0.4 is 20.0 Å². The van der Waals surface area contributed by atoms with Crippen LogP contribution >= 0.6 is 22.6 Å². The van der Waals surface area contributed by atoms with Gasteiger partial charge in [-0.1, -0.05) is 124 Å². The second kappa shape index (κ2) is 17.8. The van der Waals surface area contributed by atoms with Crippen molar-refractivity contribution in [3.8, 4) is 11.5 Å². The largest absolute Gasteiger partial charge is 0.504 e. The van der Waals surface area contributed by atoms with E-state index in [2.05, 4.69) is 110 Å². The average molecular weight is 961 g/mol. The molecule has 12 heteroatoms. The van der Waals surface area contributed by atoms with E-state index in [4.69, 9.17) is 13.9 Å². The van der Waals surface area contributed by atoms with Gasteiger partial charge < -0.3 is 19.0 Å². The second-order valence-electron chi connectivity index (χ2n) is 17.2. The van der Waals surface area contributed by atoms with Gasteiger partial charge in [-0.25, -0.2) is 4.90 Å². The second-order valence-corrected chi connectivity index (χ2v) is 22.7. The summed E-state index contributed by atoms with van der Waals surface area (Å²) >= 11 is 2.11. The van der Waals surface area contributed by atoms with E-state index >= 15 is 0 Å². The number of nitro benzene ring substituents is 1. The molecule has 5 aromatic carbocycles. The van der Waals surface area contributed by atoms with E-state index in [1.807, 2.05) is 42.5 Å². The van der Waals surface area contributed by atoms with Crippen LogP contribution in [0.5, 0.6) is 11.5 Å². The highest BCUT2D eigenvalue weighted by Gasteiger charge is 2.58. The Kier molecular flexibility index (Phi) is 12.4. The molecule has 318 valence electrons. The van der Waals surface area contributed by atoms with Crippen molar-refractivity contribution in [1.82, 2.24) is 0 Å². The van der Waals surface area contributed by atoms with E-state index in [0.29, 0.717) is 28.6 Å². The van der Waals surface area contributed by atoms with E-state index in [1.54, 1.807) is 6.07 Å². The number of rotatable bonds is 13. The number of non-ortho nitro benzene ring substituents is 1. The molecular weight excluding hydrogens is 912 g/mol. The fourth-order valence-corrected chi connectivity index (χ4v) is 15.0. The summed E-state index contributed by atoms with van der Waals surface area (Å²) < 4.78 is 20.4. The highest BCUT2D eigenvalue weighted by molar-refractivity contribution is 14.1. The van der Waals surface area contributed by atoms with Crippen LogP contribution in [-0.2, 0) is 18.8 Å². The number of allylic oxidation sites excluding steroid dienone is 1. The first-order valence-corrected chi connectivity index (χ1v) is 23.8. The summed E-state index contributed by atoms with van der Waals surface area (Å²) in [6.07, 6.45) is 3.26. The minimum atomic E-state index is -3.03. The Morgan fingerprint density at radius 3 is 2.16 bits per heavy atom. The zero-order chi connectivity index (χ0) is 43.8. The summed E-state index contributed by atoms with van der Waals surface area (Å²) in [7, 11) is -1.49. The fourth-order valence-electron chi connectivity index (χ4n) is 9.84. The number of phenols is 1. The molecule has 0 bridgehead atoms. The summed E-state index contributed by atoms with van der Waals surface area (Å²) in [6.45, 7) is 7.19. The number of nitrogens with zero attached hydrogens (tertiary/aromatic N) is 2. The lowest BCUT2D eigenvalue weighted by Crippen LogP contribution is -2.66. The summed E-state index contributed by atoms with van der Waals surface area (Å²) in [4.78, 5) is 41.5. The van der Waals surface area contributed by atoms with Gasteiger partial charge in [-0.05, 0) is 103 Å². The van der Waals surface area contributed by atoms with Crippen LogP contribution in [0.25, 0.3) is 11.6 Å². The fraction of sp³-hybridized carbons (Fsp3) is 0.280. The number of carbonyl (C=O) groups is 2. The zero-order valence-electron chi connectivity index (χ0n) is 35.1. The Bertz CT molecular complexity index is 2520. The van der Waals surface area contributed by atoms with Crippen molar-refractivity contribution in [2.45, 2.75) is 51.2 Å². The number of phenolic OH excluding ortho intramolecular Hbond substituents is 1. The zero-order valence-corrected chi connectivity index (χ0v) is 38.3. The first kappa shape index (κ1) is 43.2. The Hall–Kier alpha value is -5.41. The van der Waals surface area contributed by atoms with Gasteiger partial charge in [0.1, 0.15) is 0 Å². The molecule has 5 aromatic rings. The van der Waals surface area contributed by atoms with E-state index < -0.39 is 25.1 Å². The van der Waals surface area contributed by atoms with Crippen molar-refractivity contribution in [2.24, 2.45) is 17.8 Å². The predicted octanol–water partition coefficient (Wildman–Crippen LogP) is 9.33. The third-order valence-electron chi connectivity index (χ3n) is 12.6. The summed E-state index contributed by atoms with van der Waals surface area (Å²) in [5.74, 6) is -1.99. The number of imide groups is 1. The number of nitro groups is 1. The lowest BCUT2D eigenvalue weighted by atomic mass is 9.69. The molecule has 2 fully saturated rings. The van der Waals surface area contributed by atoms with Crippen LogP contribution in [0.15, 0.2) is 139 Å². The Balaban J connectivity index is 1.20. The van der Waals surface area contributed by atoms with Gasteiger partial charge in [0, 0.05) is 18.1 Å². The number of hydrogen-bond acceptors (Lipinski definition) is 8. The van der Waals surface area contributed by atoms with Crippen LogP contribution in [0.2, 0.25) is 5.04 Å². The molecule has 0 aromatic heterocycles. The number of amides is 2. The lowest BCUT2D eigenvalue weighted by molar-refractivity contribution is -0.384. The predicted molar refractivity (Wildman–Crippen MR) is 252 cm³/mol. The molecule has 2 heterocycles. The molecule has 4 atom stereocenters. The SMILES string of the molecule is COc1cc(/C=C(/CC[C@H]2OC[C@H]3C2=C(CO[Si](c2ccccc2)(c2ccccc2)C(C)(C)C)C[C@H]2C(=O)N(c4cccc([N+](=O)[O-])c4)C(=O)[C@H]23)c2ccccc2)cc(I)c1O. The first-order valence-electron chi connectivity index (χ1n) is 20.9. The molecule has 3 aliphatic rings. The minimum Gasteiger partial charge on any atom is -0.504 e. The van der Waals surface area contributed by atoms with Gasteiger partial charge in [-0.15, -0.1) is 0 Å². The number of methoxy groups -OCH3 is 1. The van der Waals surface area contributed by atoms with Gasteiger partial charge in [0.05, 0.1) is 52.4 Å². The Labute approximate surface area is 376 Å². The number of hydrogen-bond donors (Lipinski definition) is 1. The maximum atomic E-state index is 14.6. The molecule has 1 aliphatic carbocycles. The standard InChI is InChI=1S/C50H49IN2O8Si/c1-50(2,3)62(38-19-10-6-11-20-38,39-21-12-7-13-22-39)61-30-35-28-40-46(49(56)52(48(40)55)36-17-14-18-37(29-36)53(57)58)41-31-60-43(45(35)41)24-23-34(33-15-8-5-9-16-33)25-32-26-42(51)47(54)44(27-32)59-4/h5-22,25-27,29,40-41,43,46,54H,23-24,28,30-31H2,1-4H3/b34-25-/t40-,41+,43-,46-/m1/s1. The maximum Gasteiger partial charge on any atom is 0.271 e. The van der Waals surface area contributed by atoms with E-state index in [0.717, 1.165) is 43.1 Å². The van der Waals surface area contributed by atoms with Crippen LogP contribution in [0.1, 0.15) is 51.2 Å². The molecule has 2 amide bonds. The molecule has 0 unspecified atom stereocenters. The lowest BCUT2D eigenvalue weighted by Gasteiger charge is -2.44. The van der Waals surface area contributed by atoms with E-state index in [9.17, 15) is 24.8 Å². The van der Waals surface area contributed by atoms with Gasteiger partial charge in [-0.3, -0.25) is 19.7 Å². The van der Waals surface area contributed by atoms with Crippen molar-refractivity contribution in [2.75, 3.05) is 25.2 Å². The quantitative estimate of drug-likeness (QED) is 0.0235. The average Bonchev–Trinajstić information content (AvgIpc) is 3.81. The van der Waals surface area contributed by atoms with Crippen LogP contribution in [0.4, 0.5) is 11.4 Å². The summed E-state index contributed by atoms with van der Waals surface area (Å²) in [5.41, 5.74) is 4.97. The molecule has 10 nitrogen and oxygen atoms in total. The number of halogens is 1. The van der Waals surface area contributed by atoms with Gasteiger partial charge in [-0.2, -0.15) is 0 Å². The molecule has 0 radical (unpaired) electrons. The third kappa shape index (κ3) is 8.04. The number of ether oxygens (including phenoxy) is 2. The molecule has 8 rings (SSSR count). The number of anilines is 1. The van der Waals surface area contributed by atoms with Crippen molar-refractivity contribution >= 4 is 76.1 Å². The maximum absolute atomic E-state index is 14.6. The van der Waals surface area contributed by atoms with Gasteiger partial charge >= 0.3 is 0 Å². The van der Waals surface area contributed by atoms with Crippen molar-refractivity contribution in [3.63, 3.8) is 0 Å². The van der Waals surface area contributed by atoms with E-state index in [-0.39, 0.29) is 59.2 Å². The first-order chi connectivity index (χ1) is 29.8. The van der Waals surface area contributed by atoms with E-state index in [1.165, 1.54) is 25.3 Å². The number of carbonyl (C=O) groups excluding carboxylic acids is 2. The molecule has 1 N–H and O–H groups in total. The van der Waals surface area contributed by atoms with Gasteiger partial charge in [0.2, 0.25) is 11.8 Å². The normalized spacial score (nSPS) is 20.3.